The van der Waals surface area contributed by atoms with Crippen LogP contribution in [0.4, 0.5) is 5.82 Å². The van der Waals surface area contributed by atoms with Gasteiger partial charge in [-0.25, -0.2) is 4.98 Å². The molecule has 0 aliphatic rings. The summed E-state index contributed by atoms with van der Waals surface area (Å²) < 4.78 is 0.805. The molecule has 3 N–H and O–H groups in total. The molecule has 0 atom stereocenters. The fourth-order valence-electron chi connectivity index (χ4n) is 1.98. The molecule has 2 aromatic heterocycles. The van der Waals surface area contributed by atoms with Crippen LogP contribution in [0.2, 0.25) is 10.0 Å². The molecule has 2 heterocycles. The van der Waals surface area contributed by atoms with Crippen molar-refractivity contribution in [3.63, 3.8) is 0 Å². The van der Waals surface area contributed by atoms with E-state index in [2.05, 4.69) is 15.6 Å². The Bertz CT molecular complexity index is 959. The van der Waals surface area contributed by atoms with Gasteiger partial charge >= 0.3 is 0 Å². The number of anilines is 1. The van der Waals surface area contributed by atoms with Crippen molar-refractivity contribution in [2.24, 2.45) is 0 Å². The van der Waals surface area contributed by atoms with Crippen LogP contribution in [0.25, 0.3) is 10.1 Å². The highest BCUT2D eigenvalue weighted by molar-refractivity contribution is 7.80. The van der Waals surface area contributed by atoms with Crippen LogP contribution < -0.4 is 10.6 Å². The number of hydrogen-bond donors (Lipinski definition) is 3. The van der Waals surface area contributed by atoms with E-state index in [0.29, 0.717) is 14.9 Å². The SMILES string of the molecule is O=C(NC(=S)Nc1ncccc1O)c1sc2cc(Cl)ccc2c1Cl. The Morgan fingerprint density at radius 3 is 2.83 bits per heavy atom. The maximum atomic E-state index is 12.4. The second-order valence-corrected chi connectivity index (χ2v) is 6.94. The molecule has 1 aromatic carbocycles. The number of nitrogens with zero attached hydrogens (tertiary/aromatic N) is 1. The van der Waals surface area contributed by atoms with Gasteiger partial charge in [0.25, 0.3) is 5.91 Å². The highest BCUT2D eigenvalue weighted by Crippen LogP contribution is 2.36. The number of halogens is 2. The van der Waals surface area contributed by atoms with Crippen molar-refractivity contribution >= 4 is 73.7 Å². The summed E-state index contributed by atoms with van der Waals surface area (Å²) in [5.41, 5.74) is 0. The average Bonchev–Trinajstić information content (AvgIpc) is 2.86. The van der Waals surface area contributed by atoms with Crippen LogP contribution in [0.5, 0.6) is 5.75 Å². The first kappa shape index (κ1) is 16.9. The number of amides is 1. The fraction of sp³-hybridized carbons (Fsp3) is 0. The minimum atomic E-state index is -0.453. The van der Waals surface area contributed by atoms with Crippen LogP contribution in [-0.4, -0.2) is 21.1 Å². The summed E-state index contributed by atoms with van der Waals surface area (Å²) in [4.78, 5) is 16.6. The van der Waals surface area contributed by atoms with Crippen molar-refractivity contribution in [3.8, 4) is 5.75 Å². The number of fused-ring (bicyclic) bond motifs is 1. The molecule has 0 unspecified atom stereocenters. The van der Waals surface area contributed by atoms with Crippen LogP contribution >= 0.6 is 46.8 Å². The van der Waals surface area contributed by atoms with Crippen LogP contribution in [-0.2, 0) is 0 Å². The lowest BCUT2D eigenvalue weighted by Gasteiger charge is -2.09. The van der Waals surface area contributed by atoms with Gasteiger partial charge in [0.15, 0.2) is 16.7 Å². The van der Waals surface area contributed by atoms with Gasteiger partial charge in [0, 0.05) is 21.3 Å². The van der Waals surface area contributed by atoms with E-state index in [0.717, 1.165) is 10.1 Å². The lowest BCUT2D eigenvalue weighted by atomic mass is 10.2. The van der Waals surface area contributed by atoms with Crippen molar-refractivity contribution in [1.82, 2.24) is 10.3 Å². The number of thiophene rings is 1. The van der Waals surface area contributed by atoms with Crippen LogP contribution in [0.1, 0.15) is 9.67 Å². The molecule has 9 heteroatoms. The van der Waals surface area contributed by atoms with E-state index in [1.807, 2.05) is 0 Å². The van der Waals surface area contributed by atoms with E-state index in [-0.39, 0.29) is 16.7 Å². The van der Waals surface area contributed by atoms with E-state index >= 15 is 0 Å². The summed E-state index contributed by atoms with van der Waals surface area (Å²) in [5.74, 6) is -0.383. The summed E-state index contributed by atoms with van der Waals surface area (Å²) in [6.07, 6.45) is 1.49. The molecule has 0 spiro atoms. The Morgan fingerprint density at radius 2 is 2.08 bits per heavy atom. The van der Waals surface area contributed by atoms with Gasteiger partial charge < -0.3 is 10.4 Å². The predicted octanol–water partition coefficient (Wildman–Crippen LogP) is 4.44. The maximum absolute atomic E-state index is 12.4. The van der Waals surface area contributed by atoms with E-state index in [9.17, 15) is 9.90 Å². The highest BCUT2D eigenvalue weighted by Gasteiger charge is 2.18. The van der Waals surface area contributed by atoms with E-state index in [4.69, 9.17) is 35.4 Å². The molecule has 0 saturated heterocycles. The zero-order chi connectivity index (χ0) is 17.3. The van der Waals surface area contributed by atoms with Gasteiger partial charge in [-0.3, -0.25) is 10.1 Å². The van der Waals surface area contributed by atoms with Crippen molar-refractivity contribution < 1.29 is 9.90 Å². The molecule has 122 valence electrons. The standard InChI is InChI=1S/C15H9Cl2N3O2S2/c16-7-3-4-8-10(6-7)24-12(11(8)17)14(22)20-15(23)19-13-9(21)2-1-5-18-13/h1-6,21H,(H2,18,19,20,22,23). The number of carbonyl (C=O) groups is 1. The van der Waals surface area contributed by atoms with Crippen molar-refractivity contribution in [3.05, 3.63) is 51.5 Å². The molecule has 0 fully saturated rings. The first-order valence-electron chi connectivity index (χ1n) is 6.59. The number of rotatable bonds is 2. The van der Waals surface area contributed by atoms with E-state index < -0.39 is 5.91 Å². The number of pyridine rings is 1. The summed E-state index contributed by atoms with van der Waals surface area (Å²) >= 11 is 18.5. The lowest BCUT2D eigenvalue weighted by molar-refractivity contribution is 0.0982. The molecular weight excluding hydrogens is 389 g/mol. The quantitative estimate of drug-likeness (QED) is 0.557. The molecule has 1 amide bonds. The van der Waals surface area contributed by atoms with Gasteiger partial charge in [0.05, 0.1) is 5.02 Å². The summed E-state index contributed by atoms with van der Waals surface area (Å²) in [7, 11) is 0. The predicted molar refractivity (Wildman–Crippen MR) is 101 cm³/mol. The second kappa shape index (κ2) is 6.90. The lowest BCUT2D eigenvalue weighted by Crippen LogP contribution is -2.34. The maximum Gasteiger partial charge on any atom is 0.269 e. The van der Waals surface area contributed by atoms with Crippen LogP contribution in [0, 0.1) is 0 Å². The van der Waals surface area contributed by atoms with E-state index in [1.54, 1.807) is 24.3 Å². The molecule has 5 nitrogen and oxygen atoms in total. The molecule has 0 saturated carbocycles. The first-order valence-corrected chi connectivity index (χ1v) is 8.57. The van der Waals surface area contributed by atoms with Gasteiger partial charge in [-0.1, -0.05) is 29.3 Å². The zero-order valence-electron chi connectivity index (χ0n) is 11.8. The smallest absolute Gasteiger partial charge is 0.269 e. The largest absolute Gasteiger partial charge is 0.504 e. The zero-order valence-corrected chi connectivity index (χ0v) is 15.0. The fourth-order valence-corrected chi connectivity index (χ4v) is 3.85. The topological polar surface area (TPSA) is 74.2 Å². The number of benzene rings is 1. The Kier molecular flexibility index (Phi) is 4.86. The molecular formula is C15H9Cl2N3O2S2. The molecule has 0 bridgehead atoms. The van der Waals surface area contributed by atoms with Gasteiger partial charge in [-0.15, -0.1) is 11.3 Å². The Labute approximate surface area is 156 Å². The Hall–Kier alpha value is -1.93. The minimum absolute atomic E-state index is 0.000514. The molecule has 3 rings (SSSR count). The van der Waals surface area contributed by atoms with Gasteiger partial charge in [-0.05, 0) is 36.5 Å². The third-order valence-corrected chi connectivity index (χ3v) is 5.14. The van der Waals surface area contributed by atoms with E-state index in [1.165, 1.54) is 23.6 Å². The first-order chi connectivity index (χ1) is 11.5. The normalized spacial score (nSPS) is 10.6. The van der Waals surface area contributed by atoms with Gasteiger partial charge in [0.2, 0.25) is 0 Å². The van der Waals surface area contributed by atoms with Crippen molar-refractivity contribution in [2.45, 2.75) is 0 Å². The van der Waals surface area contributed by atoms with Gasteiger partial charge in [-0.2, -0.15) is 0 Å². The molecule has 24 heavy (non-hydrogen) atoms. The second-order valence-electron chi connectivity index (χ2n) is 4.67. The van der Waals surface area contributed by atoms with Crippen molar-refractivity contribution in [2.75, 3.05) is 5.32 Å². The summed E-state index contributed by atoms with van der Waals surface area (Å²) in [6, 6.07) is 8.24. The summed E-state index contributed by atoms with van der Waals surface area (Å²) in [6.45, 7) is 0. The number of thiocarbonyl (C=S) groups is 1. The number of carbonyl (C=O) groups excluding carboxylic acids is 1. The minimum Gasteiger partial charge on any atom is -0.504 e. The Balaban J connectivity index is 1.79. The number of aromatic hydroxyl groups is 1. The number of nitrogens with one attached hydrogen (secondary N) is 2. The average molecular weight is 398 g/mol. The summed E-state index contributed by atoms with van der Waals surface area (Å²) in [5, 5.41) is 16.5. The number of hydrogen-bond acceptors (Lipinski definition) is 5. The number of aromatic nitrogens is 1. The monoisotopic (exact) mass is 397 g/mol. The third kappa shape index (κ3) is 3.44. The third-order valence-electron chi connectivity index (χ3n) is 3.04. The Morgan fingerprint density at radius 1 is 1.29 bits per heavy atom. The molecule has 0 radical (unpaired) electrons. The highest BCUT2D eigenvalue weighted by atomic mass is 35.5. The molecule has 0 aliphatic heterocycles. The van der Waals surface area contributed by atoms with Crippen molar-refractivity contribution in [1.29, 1.82) is 0 Å². The molecule has 0 aliphatic carbocycles. The van der Waals surface area contributed by atoms with Crippen LogP contribution in [0.15, 0.2) is 36.5 Å². The van der Waals surface area contributed by atoms with Gasteiger partial charge in [0.1, 0.15) is 4.88 Å². The van der Waals surface area contributed by atoms with Crippen LogP contribution in [0.3, 0.4) is 0 Å². The molecule has 3 aromatic rings.